The average molecular weight is 393 g/mol. The van der Waals surface area contributed by atoms with Gasteiger partial charge < -0.3 is 10.2 Å². The molecular weight excluding hydrogens is 360 g/mol. The van der Waals surface area contributed by atoms with Gasteiger partial charge in [0.05, 0.1) is 0 Å². The smallest absolute Gasteiger partial charge is 0.254 e. The molecule has 0 saturated carbocycles. The maximum absolute atomic E-state index is 12.8. The van der Waals surface area contributed by atoms with E-state index in [4.69, 9.17) is 0 Å². The molecule has 1 saturated heterocycles. The van der Waals surface area contributed by atoms with Crippen LogP contribution in [0, 0.1) is 6.92 Å². The van der Waals surface area contributed by atoms with Gasteiger partial charge in [-0.1, -0.05) is 31.2 Å². The van der Waals surface area contributed by atoms with Gasteiger partial charge in [-0.2, -0.15) is 0 Å². The monoisotopic (exact) mass is 392 g/mol. The number of likely N-dealkylation sites (tertiary alicyclic amines) is 1. The highest BCUT2D eigenvalue weighted by molar-refractivity contribution is 5.96. The Bertz CT molecular complexity index is 858. The quantitative estimate of drug-likeness (QED) is 0.740. The van der Waals surface area contributed by atoms with Gasteiger partial charge in [-0.15, -0.1) is 0 Å². The number of piperidine rings is 1. The van der Waals surface area contributed by atoms with Crippen molar-refractivity contribution in [2.24, 2.45) is 0 Å². The lowest BCUT2D eigenvalue weighted by molar-refractivity contribution is -0.116. The van der Waals surface area contributed by atoms with Crippen LogP contribution in [0.4, 0.5) is 5.69 Å². The number of anilines is 1. The molecule has 0 radical (unpaired) electrons. The first-order valence-electron chi connectivity index (χ1n) is 10.8. The lowest BCUT2D eigenvalue weighted by Gasteiger charge is -2.33. The van der Waals surface area contributed by atoms with Gasteiger partial charge in [-0.3, -0.25) is 9.59 Å². The van der Waals surface area contributed by atoms with Gasteiger partial charge in [0.25, 0.3) is 5.91 Å². The summed E-state index contributed by atoms with van der Waals surface area (Å²) in [6.45, 7) is 7.03. The lowest BCUT2D eigenvalue weighted by Crippen LogP contribution is -2.42. The maximum Gasteiger partial charge on any atom is 0.254 e. The van der Waals surface area contributed by atoms with Gasteiger partial charge in [-0.25, -0.2) is 0 Å². The number of carbonyl (C=O) groups excluding carboxylic acids is 2. The summed E-state index contributed by atoms with van der Waals surface area (Å²) in [4.78, 5) is 27.2. The molecule has 29 heavy (non-hydrogen) atoms. The minimum atomic E-state index is -0.00334. The molecule has 1 aliphatic rings. The number of amides is 2. The van der Waals surface area contributed by atoms with E-state index in [-0.39, 0.29) is 11.8 Å². The third kappa shape index (κ3) is 5.47. The van der Waals surface area contributed by atoms with Crippen LogP contribution in [0.1, 0.15) is 66.6 Å². The van der Waals surface area contributed by atoms with Crippen LogP contribution >= 0.6 is 0 Å². The predicted molar refractivity (Wildman–Crippen MR) is 118 cm³/mol. The van der Waals surface area contributed by atoms with Gasteiger partial charge >= 0.3 is 0 Å². The Morgan fingerprint density at radius 2 is 1.79 bits per heavy atom. The molecule has 1 heterocycles. The standard InChI is InChI=1S/C25H32N2O2/c1-4-20-8-10-21(11-9-20)12-15-24(28)26-23-14-13-22(17-18(23)2)25(29)27-16-6-5-7-19(27)3/h8-11,13-14,17,19H,4-7,12,15-16H2,1-3H3,(H,26,28). The van der Waals surface area contributed by atoms with Crippen molar-refractivity contribution in [1.82, 2.24) is 4.90 Å². The fourth-order valence-electron chi connectivity index (χ4n) is 3.91. The van der Waals surface area contributed by atoms with E-state index in [1.54, 1.807) is 0 Å². The van der Waals surface area contributed by atoms with Crippen LogP contribution in [0.5, 0.6) is 0 Å². The van der Waals surface area contributed by atoms with Crippen molar-refractivity contribution >= 4 is 17.5 Å². The van der Waals surface area contributed by atoms with Crippen molar-refractivity contribution in [1.29, 1.82) is 0 Å². The van der Waals surface area contributed by atoms with E-state index in [0.717, 1.165) is 43.5 Å². The minimum absolute atomic E-state index is 0.00334. The Morgan fingerprint density at radius 1 is 1.07 bits per heavy atom. The Balaban J connectivity index is 1.58. The van der Waals surface area contributed by atoms with Gasteiger partial charge in [0, 0.05) is 30.3 Å². The second-order valence-electron chi connectivity index (χ2n) is 8.09. The molecule has 4 nitrogen and oxygen atoms in total. The van der Waals surface area contributed by atoms with Crippen molar-refractivity contribution in [2.75, 3.05) is 11.9 Å². The molecule has 2 amide bonds. The largest absolute Gasteiger partial charge is 0.336 e. The molecule has 2 aromatic rings. The van der Waals surface area contributed by atoms with Crippen molar-refractivity contribution in [3.8, 4) is 0 Å². The SMILES string of the molecule is CCc1ccc(CCC(=O)Nc2ccc(C(=O)N3CCCCC3C)cc2C)cc1. The lowest BCUT2D eigenvalue weighted by atomic mass is 10.0. The van der Waals surface area contributed by atoms with E-state index in [9.17, 15) is 9.59 Å². The number of nitrogens with one attached hydrogen (secondary N) is 1. The third-order valence-electron chi connectivity index (χ3n) is 5.88. The summed E-state index contributed by atoms with van der Waals surface area (Å²) in [6.07, 6.45) is 5.52. The normalized spacial score (nSPS) is 16.5. The fraction of sp³-hybridized carbons (Fsp3) is 0.440. The topological polar surface area (TPSA) is 49.4 Å². The number of hydrogen-bond acceptors (Lipinski definition) is 2. The first-order valence-corrected chi connectivity index (χ1v) is 10.8. The average Bonchev–Trinajstić information content (AvgIpc) is 2.74. The summed E-state index contributed by atoms with van der Waals surface area (Å²) >= 11 is 0. The zero-order valence-electron chi connectivity index (χ0n) is 17.8. The molecule has 0 aromatic heterocycles. The molecule has 0 aliphatic carbocycles. The molecule has 1 atom stereocenters. The minimum Gasteiger partial charge on any atom is -0.336 e. The molecule has 1 fully saturated rings. The zero-order chi connectivity index (χ0) is 20.8. The number of nitrogens with zero attached hydrogens (tertiary/aromatic N) is 1. The molecule has 1 N–H and O–H groups in total. The molecular formula is C25H32N2O2. The van der Waals surface area contributed by atoms with Crippen molar-refractivity contribution in [3.05, 3.63) is 64.7 Å². The van der Waals surface area contributed by atoms with Crippen LogP contribution in [-0.2, 0) is 17.6 Å². The Kier molecular flexibility index (Phi) is 7.08. The predicted octanol–water partition coefficient (Wildman–Crippen LogP) is 5.14. The summed E-state index contributed by atoms with van der Waals surface area (Å²) in [5.74, 6) is 0.0881. The summed E-state index contributed by atoms with van der Waals surface area (Å²) < 4.78 is 0. The van der Waals surface area contributed by atoms with Crippen LogP contribution in [0.2, 0.25) is 0 Å². The van der Waals surface area contributed by atoms with E-state index >= 15 is 0 Å². The highest BCUT2D eigenvalue weighted by Crippen LogP contribution is 2.22. The number of rotatable bonds is 6. The second kappa shape index (κ2) is 9.73. The number of carbonyl (C=O) groups is 2. The first-order chi connectivity index (χ1) is 14.0. The van der Waals surface area contributed by atoms with Crippen LogP contribution in [0.25, 0.3) is 0 Å². The molecule has 0 bridgehead atoms. The molecule has 0 spiro atoms. The highest BCUT2D eigenvalue weighted by Gasteiger charge is 2.24. The molecule has 3 rings (SSSR count). The van der Waals surface area contributed by atoms with E-state index in [1.165, 1.54) is 17.5 Å². The molecule has 1 aliphatic heterocycles. The number of benzene rings is 2. The Morgan fingerprint density at radius 3 is 2.45 bits per heavy atom. The Hall–Kier alpha value is -2.62. The summed E-state index contributed by atoms with van der Waals surface area (Å²) in [6, 6.07) is 14.3. The van der Waals surface area contributed by atoms with Crippen LogP contribution in [0.3, 0.4) is 0 Å². The van der Waals surface area contributed by atoms with E-state index < -0.39 is 0 Å². The third-order valence-corrected chi connectivity index (χ3v) is 5.88. The van der Waals surface area contributed by atoms with Crippen molar-refractivity contribution < 1.29 is 9.59 Å². The fourth-order valence-corrected chi connectivity index (χ4v) is 3.91. The maximum atomic E-state index is 12.8. The second-order valence-corrected chi connectivity index (χ2v) is 8.09. The van der Waals surface area contributed by atoms with Crippen molar-refractivity contribution in [2.45, 2.75) is 65.3 Å². The van der Waals surface area contributed by atoms with Gasteiger partial charge in [-0.05, 0) is 80.8 Å². The summed E-state index contributed by atoms with van der Waals surface area (Å²) in [5.41, 5.74) is 4.87. The van der Waals surface area contributed by atoms with E-state index in [2.05, 4.69) is 43.4 Å². The van der Waals surface area contributed by atoms with E-state index in [0.29, 0.717) is 18.0 Å². The van der Waals surface area contributed by atoms with Gasteiger partial charge in [0.2, 0.25) is 5.91 Å². The van der Waals surface area contributed by atoms with Gasteiger partial charge in [0.1, 0.15) is 0 Å². The zero-order valence-corrected chi connectivity index (χ0v) is 17.8. The van der Waals surface area contributed by atoms with Crippen LogP contribution < -0.4 is 5.32 Å². The molecule has 4 heteroatoms. The molecule has 1 unspecified atom stereocenters. The summed E-state index contributed by atoms with van der Waals surface area (Å²) in [7, 11) is 0. The van der Waals surface area contributed by atoms with Crippen molar-refractivity contribution in [3.63, 3.8) is 0 Å². The van der Waals surface area contributed by atoms with Crippen LogP contribution in [0.15, 0.2) is 42.5 Å². The highest BCUT2D eigenvalue weighted by atomic mass is 16.2. The van der Waals surface area contributed by atoms with Crippen LogP contribution in [-0.4, -0.2) is 29.3 Å². The Labute approximate surface area is 174 Å². The summed E-state index contributed by atoms with van der Waals surface area (Å²) in [5, 5.41) is 2.99. The first kappa shape index (κ1) is 21.1. The number of hydrogen-bond donors (Lipinski definition) is 1. The van der Waals surface area contributed by atoms with E-state index in [1.807, 2.05) is 30.0 Å². The van der Waals surface area contributed by atoms with Gasteiger partial charge in [0.15, 0.2) is 0 Å². The number of aryl methyl sites for hydroxylation is 3. The molecule has 2 aromatic carbocycles. The molecule has 154 valence electrons.